The SMILES string of the molecule is CCCNC(=O)[C@H](Cc1ccccc1)N(Cc1ccccc1Cl)C(=O)CN(c1ccccc1OCC)S(=O)(=O)c1ccccc1. The van der Waals surface area contributed by atoms with Crippen LogP contribution in [0.25, 0.3) is 0 Å². The minimum absolute atomic E-state index is 0.0120. The molecule has 0 bridgehead atoms. The summed E-state index contributed by atoms with van der Waals surface area (Å²) in [7, 11) is -4.24. The van der Waals surface area contributed by atoms with E-state index in [0.29, 0.717) is 35.9 Å². The number of carbonyl (C=O) groups is 2. The van der Waals surface area contributed by atoms with Crippen LogP contribution in [0.2, 0.25) is 5.02 Å². The number of halogens is 1. The third-order valence-electron chi connectivity index (χ3n) is 7.16. The Hall–Kier alpha value is -4.34. The normalized spacial score (nSPS) is 11.8. The van der Waals surface area contributed by atoms with Crippen LogP contribution in [0, 0.1) is 0 Å². The maximum Gasteiger partial charge on any atom is 0.264 e. The van der Waals surface area contributed by atoms with Gasteiger partial charge in [0.2, 0.25) is 11.8 Å². The molecule has 0 fully saturated rings. The maximum atomic E-state index is 14.6. The summed E-state index contributed by atoms with van der Waals surface area (Å²) in [6.07, 6.45) is 0.924. The Labute approximate surface area is 270 Å². The van der Waals surface area contributed by atoms with Crippen molar-refractivity contribution in [2.75, 3.05) is 24.0 Å². The topological polar surface area (TPSA) is 96.0 Å². The van der Waals surface area contributed by atoms with E-state index in [2.05, 4.69) is 5.32 Å². The highest BCUT2D eigenvalue weighted by molar-refractivity contribution is 7.92. The number of nitrogens with one attached hydrogen (secondary N) is 1. The highest BCUT2D eigenvalue weighted by Crippen LogP contribution is 2.33. The Morgan fingerprint density at radius 1 is 0.844 bits per heavy atom. The lowest BCUT2D eigenvalue weighted by atomic mass is 10.0. The molecular weight excluding hydrogens is 610 g/mol. The third kappa shape index (κ3) is 8.65. The highest BCUT2D eigenvalue weighted by atomic mass is 35.5. The van der Waals surface area contributed by atoms with E-state index in [4.69, 9.17) is 16.3 Å². The van der Waals surface area contributed by atoms with E-state index < -0.39 is 28.5 Å². The lowest BCUT2D eigenvalue weighted by Gasteiger charge is -2.34. The molecular formula is C35H38ClN3O5S. The zero-order valence-electron chi connectivity index (χ0n) is 25.4. The number of ether oxygens (including phenoxy) is 1. The van der Waals surface area contributed by atoms with Crippen LogP contribution in [0.15, 0.2) is 114 Å². The summed E-state index contributed by atoms with van der Waals surface area (Å²) in [5.74, 6) is -0.604. The standard InChI is InChI=1S/C35H38ClN3O5S/c1-3-23-37-35(41)32(24-27-15-7-5-8-16-27)38(25-28-17-11-12-20-30(28)36)34(40)26-39(31-21-13-14-22-33(31)44-4-2)45(42,43)29-18-9-6-10-19-29/h5-22,32H,3-4,23-26H2,1-2H3,(H,37,41)/t32-/m0/s1. The van der Waals surface area contributed by atoms with E-state index in [9.17, 15) is 18.0 Å². The number of carbonyl (C=O) groups excluding carboxylic acids is 2. The van der Waals surface area contributed by atoms with Crippen molar-refractivity contribution in [2.45, 2.75) is 44.2 Å². The molecule has 0 saturated carbocycles. The number of rotatable bonds is 15. The van der Waals surface area contributed by atoms with Gasteiger partial charge in [-0.1, -0.05) is 97.4 Å². The number of hydrogen-bond donors (Lipinski definition) is 1. The molecule has 0 saturated heterocycles. The van der Waals surface area contributed by atoms with Gasteiger partial charge in [-0.05, 0) is 54.8 Å². The molecule has 2 amide bonds. The summed E-state index contributed by atoms with van der Waals surface area (Å²) in [5.41, 5.74) is 1.69. The molecule has 8 nitrogen and oxygen atoms in total. The number of hydrogen-bond acceptors (Lipinski definition) is 5. The van der Waals surface area contributed by atoms with E-state index >= 15 is 0 Å². The Morgan fingerprint density at radius 3 is 2.13 bits per heavy atom. The van der Waals surface area contributed by atoms with Gasteiger partial charge in [0.05, 0.1) is 17.2 Å². The molecule has 0 aliphatic rings. The smallest absolute Gasteiger partial charge is 0.264 e. The molecule has 45 heavy (non-hydrogen) atoms. The van der Waals surface area contributed by atoms with E-state index in [1.54, 1.807) is 73.7 Å². The predicted octanol–water partition coefficient (Wildman–Crippen LogP) is 6.10. The first kappa shape index (κ1) is 33.6. The predicted molar refractivity (Wildman–Crippen MR) is 178 cm³/mol. The van der Waals surface area contributed by atoms with Crippen molar-refractivity contribution >= 4 is 39.1 Å². The van der Waals surface area contributed by atoms with Crippen molar-refractivity contribution in [1.29, 1.82) is 0 Å². The number of amides is 2. The van der Waals surface area contributed by atoms with Crippen LogP contribution < -0.4 is 14.4 Å². The fourth-order valence-electron chi connectivity index (χ4n) is 4.90. The molecule has 236 valence electrons. The van der Waals surface area contributed by atoms with Gasteiger partial charge in [-0.2, -0.15) is 0 Å². The van der Waals surface area contributed by atoms with Gasteiger partial charge in [0.25, 0.3) is 10.0 Å². The van der Waals surface area contributed by atoms with Crippen LogP contribution >= 0.6 is 11.6 Å². The molecule has 10 heteroatoms. The van der Waals surface area contributed by atoms with Gasteiger partial charge < -0.3 is 15.0 Å². The molecule has 0 heterocycles. The van der Waals surface area contributed by atoms with Crippen molar-refractivity contribution in [3.63, 3.8) is 0 Å². The molecule has 0 aromatic heterocycles. The zero-order valence-corrected chi connectivity index (χ0v) is 27.0. The van der Waals surface area contributed by atoms with Gasteiger partial charge in [0.15, 0.2) is 0 Å². The van der Waals surface area contributed by atoms with Gasteiger partial charge in [-0.3, -0.25) is 13.9 Å². The van der Waals surface area contributed by atoms with Crippen LogP contribution in [0.1, 0.15) is 31.4 Å². The first-order chi connectivity index (χ1) is 21.8. The maximum absolute atomic E-state index is 14.6. The van der Waals surface area contributed by atoms with Gasteiger partial charge >= 0.3 is 0 Å². The highest BCUT2D eigenvalue weighted by Gasteiger charge is 2.35. The summed E-state index contributed by atoms with van der Waals surface area (Å²) in [5, 5.41) is 3.37. The summed E-state index contributed by atoms with van der Waals surface area (Å²) < 4.78 is 35.2. The Balaban J connectivity index is 1.83. The van der Waals surface area contributed by atoms with E-state index in [-0.39, 0.29) is 29.5 Å². The minimum atomic E-state index is -4.24. The molecule has 0 spiro atoms. The number of benzene rings is 4. The number of sulfonamides is 1. The Kier molecular flexibility index (Phi) is 12.0. The second-order valence-corrected chi connectivity index (χ2v) is 12.6. The summed E-state index contributed by atoms with van der Waals surface area (Å²) >= 11 is 6.55. The minimum Gasteiger partial charge on any atom is -0.492 e. The quantitative estimate of drug-likeness (QED) is 0.168. The number of para-hydroxylation sites is 2. The fraction of sp³-hybridized carbons (Fsp3) is 0.257. The van der Waals surface area contributed by atoms with Crippen LogP contribution in [-0.4, -0.2) is 50.9 Å². The van der Waals surface area contributed by atoms with E-state index in [0.717, 1.165) is 9.87 Å². The van der Waals surface area contributed by atoms with Gasteiger partial charge in [-0.15, -0.1) is 0 Å². The van der Waals surface area contributed by atoms with Crippen LogP contribution in [0.3, 0.4) is 0 Å². The van der Waals surface area contributed by atoms with Crippen molar-refractivity contribution in [2.24, 2.45) is 0 Å². The van der Waals surface area contributed by atoms with Crippen molar-refractivity contribution in [1.82, 2.24) is 10.2 Å². The lowest BCUT2D eigenvalue weighted by molar-refractivity contribution is -0.140. The van der Waals surface area contributed by atoms with Crippen LogP contribution in [0.4, 0.5) is 5.69 Å². The zero-order chi connectivity index (χ0) is 32.2. The van der Waals surface area contributed by atoms with E-state index in [1.807, 2.05) is 37.3 Å². The average molecular weight is 648 g/mol. The molecule has 4 rings (SSSR count). The lowest BCUT2D eigenvalue weighted by Crippen LogP contribution is -2.53. The Morgan fingerprint density at radius 2 is 1.47 bits per heavy atom. The largest absolute Gasteiger partial charge is 0.492 e. The molecule has 4 aromatic carbocycles. The monoisotopic (exact) mass is 647 g/mol. The van der Waals surface area contributed by atoms with Crippen molar-refractivity contribution in [3.05, 3.63) is 125 Å². The summed E-state index contributed by atoms with van der Waals surface area (Å²) in [6.45, 7) is 3.86. The summed E-state index contributed by atoms with van der Waals surface area (Å²) in [4.78, 5) is 29.8. The molecule has 0 aliphatic heterocycles. The summed E-state index contributed by atoms with van der Waals surface area (Å²) in [6, 6.07) is 30.2. The molecule has 1 N–H and O–H groups in total. The fourth-order valence-corrected chi connectivity index (χ4v) is 6.55. The number of anilines is 1. The molecule has 0 aliphatic carbocycles. The molecule has 4 aromatic rings. The Bertz CT molecular complexity index is 1670. The molecule has 0 unspecified atom stereocenters. The first-order valence-electron chi connectivity index (χ1n) is 14.9. The average Bonchev–Trinajstić information content (AvgIpc) is 3.06. The second kappa shape index (κ2) is 16.1. The van der Waals surface area contributed by atoms with Crippen molar-refractivity contribution < 1.29 is 22.7 Å². The van der Waals surface area contributed by atoms with Crippen LogP contribution in [-0.2, 0) is 32.6 Å². The van der Waals surface area contributed by atoms with E-state index in [1.165, 1.54) is 17.0 Å². The molecule has 1 atom stereocenters. The first-order valence-corrected chi connectivity index (χ1v) is 16.7. The molecule has 0 radical (unpaired) electrons. The van der Waals surface area contributed by atoms with Gasteiger partial charge in [0, 0.05) is 24.5 Å². The van der Waals surface area contributed by atoms with Gasteiger partial charge in [0.1, 0.15) is 18.3 Å². The van der Waals surface area contributed by atoms with Crippen molar-refractivity contribution in [3.8, 4) is 5.75 Å². The van der Waals surface area contributed by atoms with Gasteiger partial charge in [-0.25, -0.2) is 8.42 Å². The third-order valence-corrected chi connectivity index (χ3v) is 9.31. The number of nitrogens with zero attached hydrogens (tertiary/aromatic N) is 2. The van der Waals surface area contributed by atoms with Crippen LogP contribution in [0.5, 0.6) is 5.75 Å². The second-order valence-electron chi connectivity index (χ2n) is 10.3.